The van der Waals surface area contributed by atoms with E-state index in [4.69, 9.17) is 10.2 Å². The van der Waals surface area contributed by atoms with Gasteiger partial charge in [0.25, 0.3) is 0 Å². The smallest absolute Gasteiger partial charge is 0.325 e. The van der Waals surface area contributed by atoms with Crippen molar-refractivity contribution in [3.05, 3.63) is 0 Å². The molecule has 0 saturated heterocycles. The number of hydrogen-bond acceptors (Lipinski definition) is 4. The molecule has 0 aliphatic heterocycles. The Morgan fingerprint density at radius 3 is 2.07 bits per heavy atom. The standard InChI is InChI=1S/C8H14N2O5/c1-4(9-6(12)3-11)7(13)10-5(2)8(14)15/h4-5,11H,3H2,1-2H3,(H,9,12)(H,10,13)(H,14,15)/t4-,5-/m0/s1. The Labute approximate surface area is 86.5 Å². The molecule has 0 fully saturated rings. The SMILES string of the molecule is C[C@H](NC(=O)[C@H](C)NC(=O)CO)C(=O)O. The first-order valence-electron chi connectivity index (χ1n) is 4.32. The first-order chi connectivity index (χ1) is 6.88. The number of hydrogen-bond donors (Lipinski definition) is 4. The molecule has 0 aliphatic carbocycles. The van der Waals surface area contributed by atoms with Crippen LogP contribution in [0.4, 0.5) is 0 Å². The molecule has 0 heterocycles. The summed E-state index contributed by atoms with van der Waals surface area (Å²) in [6.45, 7) is 1.98. The summed E-state index contributed by atoms with van der Waals surface area (Å²) >= 11 is 0. The highest BCUT2D eigenvalue weighted by molar-refractivity contribution is 5.90. The maximum atomic E-state index is 11.2. The molecule has 2 amide bonds. The van der Waals surface area contributed by atoms with Crippen molar-refractivity contribution in [3.63, 3.8) is 0 Å². The molecule has 0 aromatic carbocycles. The van der Waals surface area contributed by atoms with Crippen molar-refractivity contribution in [3.8, 4) is 0 Å². The van der Waals surface area contributed by atoms with Crippen molar-refractivity contribution in [2.24, 2.45) is 0 Å². The molecule has 15 heavy (non-hydrogen) atoms. The molecule has 0 aromatic heterocycles. The van der Waals surface area contributed by atoms with Gasteiger partial charge in [-0.1, -0.05) is 0 Å². The molecule has 0 unspecified atom stereocenters. The van der Waals surface area contributed by atoms with Crippen LogP contribution in [0.3, 0.4) is 0 Å². The van der Waals surface area contributed by atoms with Gasteiger partial charge in [-0.3, -0.25) is 14.4 Å². The highest BCUT2D eigenvalue weighted by Gasteiger charge is 2.19. The van der Waals surface area contributed by atoms with E-state index in [2.05, 4.69) is 10.6 Å². The van der Waals surface area contributed by atoms with Crippen molar-refractivity contribution in [2.45, 2.75) is 25.9 Å². The third-order valence-electron chi connectivity index (χ3n) is 1.64. The number of carboxylic acid groups (broad SMARTS) is 1. The number of amides is 2. The van der Waals surface area contributed by atoms with E-state index in [1.165, 1.54) is 13.8 Å². The average molecular weight is 218 g/mol. The summed E-state index contributed by atoms with van der Waals surface area (Å²) in [6.07, 6.45) is 0. The Bertz CT molecular complexity index is 266. The second kappa shape index (κ2) is 5.97. The third kappa shape index (κ3) is 4.96. The molecule has 7 nitrogen and oxygen atoms in total. The molecule has 86 valence electrons. The van der Waals surface area contributed by atoms with E-state index in [1.807, 2.05) is 0 Å². The summed E-state index contributed by atoms with van der Waals surface area (Å²) in [4.78, 5) is 32.3. The quantitative estimate of drug-likeness (QED) is 0.429. The minimum Gasteiger partial charge on any atom is -0.480 e. The van der Waals surface area contributed by atoms with Gasteiger partial charge >= 0.3 is 5.97 Å². The van der Waals surface area contributed by atoms with Crippen molar-refractivity contribution in [2.75, 3.05) is 6.61 Å². The molecule has 2 atom stereocenters. The van der Waals surface area contributed by atoms with Crippen molar-refractivity contribution in [1.82, 2.24) is 10.6 Å². The molecule has 0 radical (unpaired) electrons. The number of carboxylic acids is 1. The van der Waals surface area contributed by atoms with Crippen molar-refractivity contribution < 1.29 is 24.6 Å². The van der Waals surface area contributed by atoms with Gasteiger partial charge in [0.15, 0.2) is 0 Å². The van der Waals surface area contributed by atoms with Gasteiger partial charge < -0.3 is 20.8 Å². The van der Waals surface area contributed by atoms with Crippen LogP contribution in [0.15, 0.2) is 0 Å². The molecule has 0 aliphatic rings. The van der Waals surface area contributed by atoms with E-state index in [0.717, 1.165) is 0 Å². The van der Waals surface area contributed by atoms with E-state index in [9.17, 15) is 14.4 Å². The van der Waals surface area contributed by atoms with Gasteiger partial charge in [0.1, 0.15) is 18.7 Å². The zero-order chi connectivity index (χ0) is 12.0. The second-order valence-corrected chi connectivity index (χ2v) is 3.02. The molecule has 4 N–H and O–H groups in total. The predicted molar refractivity (Wildman–Crippen MR) is 49.9 cm³/mol. The van der Waals surface area contributed by atoms with E-state index in [0.29, 0.717) is 0 Å². The van der Waals surface area contributed by atoms with Gasteiger partial charge in [0, 0.05) is 0 Å². The molecule has 0 saturated carbocycles. The van der Waals surface area contributed by atoms with E-state index in [-0.39, 0.29) is 0 Å². The Morgan fingerprint density at radius 2 is 1.67 bits per heavy atom. The molecule has 0 bridgehead atoms. The zero-order valence-corrected chi connectivity index (χ0v) is 8.48. The van der Waals surface area contributed by atoms with E-state index >= 15 is 0 Å². The van der Waals surface area contributed by atoms with Crippen LogP contribution in [-0.4, -0.2) is 46.7 Å². The van der Waals surface area contributed by atoms with Crippen LogP contribution in [-0.2, 0) is 14.4 Å². The fraction of sp³-hybridized carbons (Fsp3) is 0.625. The lowest BCUT2D eigenvalue weighted by molar-refractivity contribution is -0.141. The number of carbonyl (C=O) groups is 3. The fourth-order valence-corrected chi connectivity index (χ4v) is 0.753. The zero-order valence-electron chi connectivity index (χ0n) is 8.48. The summed E-state index contributed by atoms with van der Waals surface area (Å²) in [5.41, 5.74) is 0. The van der Waals surface area contributed by atoms with Crippen LogP contribution in [0.1, 0.15) is 13.8 Å². The van der Waals surface area contributed by atoms with Gasteiger partial charge in [-0.05, 0) is 13.8 Å². The van der Waals surface area contributed by atoms with Gasteiger partial charge in [0.2, 0.25) is 11.8 Å². The van der Waals surface area contributed by atoms with Gasteiger partial charge in [-0.25, -0.2) is 0 Å². The number of aliphatic hydroxyl groups excluding tert-OH is 1. The Hall–Kier alpha value is -1.63. The first-order valence-corrected chi connectivity index (χ1v) is 4.32. The number of carbonyl (C=O) groups excluding carboxylic acids is 2. The van der Waals surface area contributed by atoms with E-state index < -0.39 is 36.5 Å². The summed E-state index contributed by atoms with van der Waals surface area (Å²) in [6, 6.07) is -1.91. The van der Waals surface area contributed by atoms with Crippen LogP contribution < -0.4 is 10.6 Å². The molecule has 0 rings (SSSR count). The van der Waals surface area contributed by atoms with Crippen molar-refractivity contribution >= 4 is 17.8 Å². The van der Waals surface area contributed by atoms with Crippen molar-refractivity contribution in [1.29, 1.82) is 0 Å². The van der Waals surface area contributed by atoms with Gasteiger partial charge in [-0.15, -0.1) is 0 Å². The topological polar surface area (TPSA) is 116 Å². The normalized spacial score (nSPS) is 13.8. The molecule has 0 spiro atoms. The lowest BCUT2D eigenvalue weighted by atomic mass is 10.2. The van der Waals surface area contributed by atoms with Crippen LogP contribution in [0.2, 0.25) is 0 Å². The third-order valence-corrected chi connectivity index (χ3v) is 1.64. The fourth-order valence-electron chi connectivity index (χ4n) is 0.753. The molecule has 7 heteroatoms. The summed E-state index contributed by atoms with van der Waals surface area (Å²) < 4.78 is 0. The predicted octanol–water partition coefficient (Wildman–Crippen LogP) is -1.93. The number of aliphatic carboxylic acids is 1. The highest BCUT2D eigenvalue weighted by atomic mass is 16.4. The Morgan fingerprint density at radius 1 is 1.13 bits per heavy atom. The number of aliphatic hydroxyl groups is 1. The molecular weight excluding hydrogens is 204 g/mol. The van der Waals surface area contributed by atoms with Crippen LogP contribution in [0, 0.1) is 0 Å². The minimum absolute atomic E-state index is 0.619. The minimum atomic E-state index is -1.16. The van der Waals surface area contributed by atoms with Crippen LogP contribution in [0.5, 0.6) is 0 Å². The average Bonchev–Trinajstić information content (AvgIpc) is 2.16. The molecule has 0 aromatic rings. The summed E-state index contributed by atoms with van der Waals surface area (Å²) in [5.74, 6) is -2.48. The lowest BCUT2D eigenvalue weighted by Gasteiger charge is -2.15. The maximum absolute atomic E-state index is 11.2. The lowest BCUT2D eigenvalue weighted by Crippen LogP contribution is -2.49. The van der Waals surface area contributed by atoms with Crippen LogP contribution in [0.25, 0.3) is 0 Å². The number of nitrogens with one attached hydrogen (secondary N) is 2. The monoisotopic (exact) mass is 218 g/mol. The summed E-state index contributed by atoms with van der Waals surface area (Å²) in [7, 11) is 0. The van der Waals surface area contributed by atoms with Gasteiger partial charge in [0.05, 0.1) is 0 Å². The van der Waals surface area contributed by atoms with E-state index in [1.54, 1.807) is 0 Å². The largest absolute Gasteiger partial charge is 0.480 e. The maximum Gasteiger partial charge on any atom is 0.325 e. The van der Waals surface area contributed by atoms with Crippen LogP contribution >= 0.6 is 0 Å². The first kappa shape index (κ1) is 13.4. The Balaban J connectivity index is 4.10. The highest BCUT2D eigenvalue weighted by Crippen LogP contribution is 1.86. The second-order valence-electron chi connectivity index (χ2n) is 3.02. The Kier molecular flexibility index (Phi) is 5.32. The molecular formula is C8H14N2O5. The summed E-state index contributed by atoms with van der Waals surface area (Å²) in [5, 5.41) is 21.2. The van der Waals surface area contributed by atoms with Gasteiger partial charge in [-0.2, -0.15) is 0 Å². The number of rotatable bonds is 5.